The highest BCUT2D eigenvalue weighted by atomic mass is 35.5. The Morgan fingerprint density at radius 3 is 2.52 bits per heavy atom. The van der Waals surface area contributed by atoms with Crippen LogP contribution in [-0.2, 0) is 6.54 Å². The van der Waals surface area contributed by atoms with Crippen LogP contribution in [0.3, 0.4) is 0 Å². The van der Waals surface area contributed by atoms with Crippen LogP contribution in [0.25, 0.3) is 5.69 Å². The fourth-order valence-electron chi connectivity index (χ4n) is 2.68. The number of amides is 1. The first-order valence-electron chi connectivity index (χ1n) is 8.22. The van der Waals surface area contributed by atoms with Crippen molar-refractivity contribution in [3.05, 3.63) is 92.6 Å². The third-order valence-corrected chi connectivity index (χ3v) is 4.32. The number of aryl methyl sites for hydroxylation is 1. The van der Waals surface area contributed by atoms with E-state index >= 15 is 0 Å². The monoisotopic (exact) mass is 385 g/mol. The summed E-state index contributed by atoms with van der Waals surface area (Å²) in [5, 5.41) is 4.73. The molecule has 0 saturated heterocycles. The van der Waals surface area contributed by atoms with Gasteiger partial charge in [0.05, 0.1) is 0 Å². The summed E-state index contributed by atoms with van der Waals surface area (Å²) in [4.78, 5) is 26.4. The van der Waals surface area contributed by atoms with E-state index in [0.29, 0.717) is 10.7 Å². The lowest BCUT2D eigenvalue weighted by Gasteiger charge is -2.18. The van der Waals surface area contributed by atoms with E-state index in [9.17, 15) is 14.0 Å². The molecule has 1 heterocycles. The summed E-state index contributed by atoms with van der Waals surface area (Å²) in [7, 11) is 1.57. The molecule has 0 aliphatic heterocycles. The SMILES string of the molecule is Cc1cc(=O)c(C(=O)N(C)Cc2ccc(Cl)cc2)nn1-c1ccccc1F. The summed E-state index contributed by atoms with van der Waals surface area (Å²) in [5.41, 5.74) is 0.691. The van der Waals surface area contributed by atoms with Crippen LogP contribution in [0.4, 0.5) is 4.39 Å². The Balaban J connectivity index is 1.95. The number of rotatable bonds is 4. The van der Waals surface area contributed by atoms with Crippen molar-refractivity contribution in [3.8, 4) is 5.69 Å². The Labute approximate surface area is 160 Å². The first kappa shape index (κ1) is 18.8. The van der Waals surface area contributed by atoms with Gasteiger partial charge >= 0.3 is 0 Å². The van der Waals surface area contributed by atoms with Gasteiger partial charge in [-0.3, -0.25) is 9.59 Å². The number of para-hydroxylation sites is 1. The smallest absolute Gasteiger partial charge is 0.278 e. The van der Waals surface area contributed by atoms with Crippen LogP contribution in [0.15, 0.2) is 59.4 Å². The third-order valence-electron chi connectivity index (χ3n) is 4.07. The van der Waals surface area contributed by atoms with Crippen molar-refractivity contribution < 1.29 is 9.18 Å². The molecule has 1 amide bonds. The molecule has 0 spiro atoms. The highest BCUT2D eigenvalue weighted by Gasteiger charge is 2.20. The molecule has 3 aromatic rings. The first-order chi connectivity index (χ1) is 12.9. The zero-order valence-electron chi connectivity index (χ0n) is 14.8. The van der Waals surface area contributed by atoms with E-state index in [1.54, 1.807) is 50.4 Å². The van der Waals surface area contributed by atoms with Crippen molar-refractivity contribution >= 4 is 17.5 Å². The predicted molar refractivity (Wildman–Crippen MR) is 102 cm³/mol. The first-order valence-corrected chi connectivity index (χ1v) is 8.60. The van der Waals surface area contributed by atoms with Gasteiger partial charge in [-0.25, -0.2) is 9.07 Å². The average Bonchev–Trinajstić information content (AvgIpc) is 2.64. The van der Waals surface area contributed by atoms with E-state index in [4.69, 9.17) is 11.6 Å². The molecule has 0 aliphatic rings. The van der Waals surface area contributed by atoms with Crippen molar-refractivity contribution in [2.24, 2.45) is 0 Å². The predicted octanol–water partition coefficient (Wildman–Crippen LogP) is 3.61. The lowest BCUT2D eigenvalue weighted by atomic mass is 10.2. The number of benzene rings is 2. The van der Waals surface area contributed by atoms with Crippen LogP contribution < -0.4 is 5.43 Å². The largest absolute Gasteiger partial charge is 0.336 e. The lowest BCUT2D eigenvalue weighted by Crippen LogP contribution is -2.33. The molecule has 27 heavy (non-hydrogen) atoms. The third kappa shape index (κ3) is 4.06. The Morgan fingerprint density at radius 2 is 1.85 bits per heavy atom. The summed E-state index contributed by atoms with van der Waals surface area (Å²) in [6.45, 7) is 1.91. The molecule has 1 aromatic heterocycles. The van der Waals surface area contributed by atoms with Gasteiger partial charge in [0.25, 0.3) is 5.91 Å². The number of carbonyl (C=O) groups is 1. The summed E-state index contributed by atoms with van der Waals surface area (Å²) < 4.78 is 15.4. The Bertz CT molecular complexity index is 1050. The van der Waals surface area contributed by atoms with Crippen molar-refractivity contribution in [2.75, 3.05) is 7.05 Å². The molecule has 0 saturated carbocycles. The quantitative estimate of drug-likeness (QED) is 0.689. The number of nitrogens with zero attached hydrogens (tertiary/aromatic N) is 3. The maximum Gasteiger partial charge on any atom is 0.278 e. The summed E-state index contributed by atoms with van der Waals surface area (Å²) in [5.74, 6) is -1.04. The van der Waals surface area contributed by atoms with Gasteiger partial charge in [-0.2, -0.15) is 5.10 Å². The van der Waals surface area contributed by atoms with Crippen molar-refractivity contribution in [1.82, 2.24) is 14.7 Å². The standard InChI is InChI=1S/C20H17ClFN3O2/c1-13-11-18(26)19(23-25(13)17-6-4-3-5-16(17)22)20(27)24(2)12-14-7-9-15(21)10-8-14/h3-11H,12H2,1-2H3. The zero-order chi connectivity index (χ0) is 19.6. The molecule has 0 fully saturated rings. The van der Waals surface area contributed by atoms with Gasteiger partial charge in [0.15, 0.2) is 5.69 Å². The summed E-state index contributed by atoms with van der Waals surface area (Å²) >= 11 is 5.87. The Hall–Kier alpha value is -2.99. The molecule has 0 radical (unpaired) electrons. The van der Waals surface area contributed by atoms with Crippen LogP contribution >= 0.6 is 11.6 Å². The minimum Gasteiger partial charge on any atom is -0.336 e. The molecular formula is C20H17ClFN3O2. The lowest BCUT2D eigenvalue weighted by molar-refractivity contribution is 0.0776. The van der Waals surface area contributed by atoms with Crippen LogP contribution in [0, 0.1) is 12.7 Å². The van der Waals surface area contributed by atoms with Crippen molar-refractivity contribution in [1.29, 1.82) is 0 Å². The molecule has 0 N–H and O–H groups in total. The highest BCUT2D eigenvalue weighted by Crippen LogP contribution is 2.14. The molecule has 5 nitrogen and oxygen atoms in total. The van der Waals surface area contributed by atoms with Gasteiger partial charge in [-0.05, 0) is 36.8 Å². The van der Waals surface area contributed by atoms with Gasteiger partial charge in [-0.15, -0.1) is 0 Å². The molecule has 7 heteroatoms. The minimum atomic E-state index is -0.542. The van der Waals surface area contributed by atoms with Gasteiger partial charge in [-0.1, -0.05) is 35.9 Å². The Morgan fingerprint density at radius 1 is 1.19 bits per heavy atom. The van der Waals surface area contributed by atoms with E-state index in [0.717, 1.165) is 5.56 Å². The number of hydrogen-bond donors (Lipinski definition) is 0. The van der Waals surface area contributed by atoms with Crippen molar-refractivity contribution in [3.63, 3.8) is 0 Å². The van der Waals surface area contributed by atoms with Crippen LogP contribution in [0.1, 0.15) is 21.7 Å². The second-order valence-electron chi connectivity index (χ2n) is 6.15. The number of hydrogen-bond acceptors (Lipinski definition) is 3. The topological polar surface area (TPSA) is 55.2 Å². The molecule has 138 valence electrons. The second-order valence-corrected chi connectivity index (χ2v) is 6.59. The van der Waals surface area contributed by atoms with Crippen LogP contribution in [0.2, 0.25) is 5.02 Å². The molecule has 0 aliphatic carbocycles. The van der Waals surface area contributed by atoms with Gasteiger partial charge in [0.1, 0.15) is 11.5 Å². The van der Waals surface area contributed by atoms with Crippen LogP contribution in [-0.4, -0.2) is 27.6 Å². The maximum absolute atomic E-state index is 14.1. The molecule has 3 rings (SSSR count). The average molecular weight is 386 g/mol. The highest BCUT2D eigenvalue weighted by molar-refractivity contribution is 6.30. The molecule has 0 bridgehead atoms. The van der Waals surface area contributed by atoms with E-state index in [1.807, 2.05) is 0 Å². The second kappa shape index (κ2) is 7.72. The fraction of sp³-hybridized carbons (Fsp3) is 0.150. The van der Waals surface area contributed by atoms with E-state index < -0.39 is 17.2 Å². The fourth-order valence-corrected chi connectivity index (χ4v) is 2.81. The van der Waals surface area contributed by atoms with Gasteiger partial charge in [0.2, 0.25) is 5.43 Å². The van der Waals surface area contributed by atoms with E-state index in [2.05, 4.69) is 5.10 Å². The number of halogens is 2. The van der Waals surface area contributed by atoms with Crippen LogP contribution in [0.5, 0.6) is 0 Å². The minimum absolute atomic E-state index is 0.171. The van der Waals surface area contributed by atoms with Gasteiger partial charge < -0.3 is 4.90 Å². The van der Waals surface area contributed by atoms with E-state index in [1.165, 1.54) is 27.8 Å². The molecule has 0 atom stereocenters. The molecular weight excluding hydrogens is 369 g/mol. The Kier molecular flexibility index (Phi) is 5.37. The van der Waals surface area contributed by atoms with Crippen molar-refractivity contribution in [2.45, 2.75) is 13.5 Å². The van der Waals surface area contributed by atoms with Gasteiger partial charge in [0, 0.05) is 30.4 Å². The van der Waals surface area contributed by atoms with E-state index in [-0.39, 0.29) is 17.9 Å². The normalized spacial score (nSPS) is 10.7. The summed E-state index contributed by atoms with van der Waals surface area (Å²) in [6, 6.07) is 14.4. The summed E-state index contributed by atoms with van der Waals surface area (Å²) in [6.07, 6.45) is 0. The molecule has 0 unspecified atom stereocenters. The number of aromatic nitrogens is 2. The maximum atomic E-state index is 14.1. The molecule has 2 aromatic carbocycles. The number of carbonyl (C=O) groups excluding carboxylic acids is 1. The zero-order valence-corrected chi connectivity index (χ0v) is 15.6.